The number of rotatable bonds is 61. The Balaban J connectivity index is 1.33. The average Bonchev–Trinajstić information content (AvgIpc) is 1.36. The maximum Gasteiger partial charge on any atom is 0.472 e. The minimum atomic E-state index is -5.11. The van der Waals surface area contributed by atoms with Gasteiger partial charge >= 0.3 is 39.1 Å². The molecular formula is C61H120NO40P5. The van der Waals surface area contributed by atoms with Gasteiger partial charge < -0.3 is 123 Å². The van der Waals surface area contributed by atoms with Crippen LogP contribution in [0.1, 0.15) is 130 Å². The van der Waals surface area contributed by atoms with E-state index in [1.54, 1.807) is 20.8 Å². The highest BCUT2D eigenvalue weighted by Crippen LogP contribution is 2.50. The lowest BCUT2D eigenvalue weighted by Gasteiger charge is -2.42. The van der Waals surface area contributed by atoms with Crippen LogP contribution >= 0.6 is 39.1 Å². The van der Waals surface area contributed by atoms with Gasteiger partial charge in [-0.3, -0.25) is 50.0 Å². The quantitative estimate of drug-likeness (QED) is 0.0305. The molecule has 15 N–H and O–H groups in total. The summed E-state index contributed by atoms with van der Waals surface area (Å²) in [6, 6.07) is -1.11. The van der Waals surface area contributed by atoms with Crippen LogP contribution in [0, 0.1) is 17.3 Å². The zero-order chi connectivity index (χ0) is 79.3. The fourth-order valence-electron chi connectivity index (χ4n) is 11.3. The summed E-state index contributed by atoms with van der Waals surface area (Å²) in [7, 11) is -22.4. The minimum Gasteiger partial charge on any atom is -0.394 e. The number of amides is 1. The monoisotopic (exact) mass is 1660 g/mol. The van der Waals surface area contributed by atoms with E-state index in [9.17, 15) is 98.0 Å². The summed E-state index contributed by atoms with van der Waals surface area (Å²) in [6.45, 7) is 0.408. The number of ether oxygens (including phenoxy) is 10. The van der Waals surface area contributed by atoms with Gasteiger partial charge in [0.1, 0.15) is 61.0 Å². The Kier molecular flexibility index (Phi) is 47.3. The van der Waals surface area contributed by atoms with Gasteiger partial charge in [-0.15, -0.1) is 0 Å². The van der Waals surface area contributed by atoms with Crippen molar-refractivity contribution in [3.63, 3.8) is 0 Å². The number of carbonyl (C=O) groups is 1. The molecule has 0 spiro atoms. The van der Waals surface area contributed by atoms with Crippen LogP contribution in [0.4, 0.5) is 0 Å². The summed E-state index contributed by atoms with van der Waals surface area (Å²) in [5.41, 5.74) is -1.57. The van der Waals surface area contributed by atoms with E-state index in [1.165, 1.54) is 6.92 Å². The van der Waals surface area contributed by atoms with Crippen molar-refractivity contribution < 1.29 is 191 Å². The van der Waals surface area contributed by atoms with E-state index in [4.69, 9.17) is 88.1 Å². The van der Waals surface area contributed by atoms with Crippen molar-refractivity contribution in [2.75, 3.05) is 139 Å². The van der Waals surface area contributed by atoms with Crippen LogP contribution in [0.3, 0.4) is 0 Å². The van der Waals surface area contributed by atoms with Gasteiger partial charge in [-0.25, -0.2) is 22.8 Å². The molecular weight excluding hydrogens is 1540 g/mol. The highest BCUT2D eigenvalue weighted by atomic mass is 31.2. The third-order valence-electron chi connectivity index (χ3n) is 17.5. The second-order valence-corrected chi connectivity index (χ2v) is 33.9. The number of carbonyl (C=O) groups excluding carboxylic acids is 1. The molecule has 46 heteroatoms. The first-order valence-corrected chi connectivity index (χ1v) is 43.5. The molecule has 11 unspecified atom stereocenters. The molecule has 0 aromatic carbocycles. The van der Waals surface area contributed by atoms with Crippen LogP contribution in [0.2, 0.25) is 0 Å². The standard InChI is InChI=1S/C61H120NO40P5/c1-42-33-46(102-103(73,74)83-5)50(98-42)37-96-107(81,82)97-41-61(38-84-21-18-30-93-104(75,76)90-27-15-9-6-12-24-87-58-43(2)52(67)54(69)47(34-63)99-58,39-85-22-19-31-94-105(77,78)91-28-16-10-7-13-25-88-59-44(3)53(68)55(70)48(35-64)100-59)40-86-23-20-32-95-106(79,80)92-29-17-11-8-14-26-89-60-51(62-45(4)66)57(72)56(71)49(36-65)101-60/h42-44,46-60,63-65,67-72H,6-41H2,1-5H3,(H,62,66)(H,73,74)(H,75,76)(H,77,78)(H,79,80)(H,81,82)/t42-,43?,44?,46-,47?,48?,49?,50+,51?,52+,53+,54-,55-,56-,57+,58+,59+,60+,61?/m0/s1. The molecule has 634 valence electrons. The van der Waals surface area contributed by atoms with Crippen LogP contribution < -0.4 is 5.32 Å². The summed E-state index contributed by atoms with van der Waals surface area (Å²) in [5.74, 6) is -1.61. The Hall–Kier alpha value is -0.740. The molecule has 23 atom stereocenters. The molecule has 0 saturated carbocycles. The van der Waals surface area contributed by atoms with Gasteiger partial charge in [0, 0.05) is 71.9 Å². The molecule has 0 radical (unpaired) electrons. The largest absolute Gasteiger partial charge is 0.472 e. The predicted molar refractivity (Wildman–Crippen MR) is 369 cm³/mol. The molecule has 107 heavy (non-hydrogen) atoms. The smallest absolute Gasteiger partial charge is 0.394 e. The van der Waals surface area contributed by atoms with Gasteiger partial charge in [-0.2, -0.15) is 0 Å². The average molecular weight is 1660 g/mol. The summed E-state index contributed by atoms with van der Waals surface area (Å²) in [5, 5.41) is 92.5. The molecule has 4 fully saturated rings. The van der Waals surface area contributed by atoms with Crippen molar-refractivity contribution in [1.29, 1.82) is 0 Å². The summed E-state index contributed by atoms with van der Waals surface area (Å²) >= 11 is 0. The molecule has 4 rings (SSSR count). The van der Waals surface area contributed by atoms with E-state index in [-0.39, 0.29) is 105 Å². The molecule has 0 aromatic rings. The minimum absolute atomic E-state index is 0.0159. The fraction of sp³-hybridized carbons (Fsp3) is 0.984. The Morgan fingerprint density at radius 1 is 0.402 bits per heavy atom. The van der Waals surface area contributed by atoms with Crippen molar-refractivity contribution in [2.24, 2.45) is 17.3 Å². The fourth-order valence-corrected chi connectivity index (χ4v) is 15.2. The van der Waals surface area contributed by atoms with Crippen molar-refractivity contribution in [1.82, 2.24) is 5.32 Å². The molecule has 0 aliphatic carbocycles. The van der Waals surface area contributed by atoms with E-state index in [1.807, 2.05) is 0 Å². The lowest BCUT2D eigenvalue weighted by atomic mass is 9.92. The normalized spacial score (nSPS) is 31.3. The van der Waals surface area contributed by atoms with Crippen molar-refractivity contribution in [3.8, 4) is 0 Å². The van der Waals surface area contributed by atoms with E-state index in [0.717, 1.165) is 7.11 Å². The Bertz CT molecular complexity index is 2580. The van der Waals surface area contributed by atoms with E-state index in [0.29, 0.717) is 77.0 Å². The van der Waals surface area contributed by atoms with Crippen LogP contribution in [0.15, 0.2) is 0 Å². The first-order valence-electron chi connectivity index (χ1n) is 36.1. The molecule has 4 saturated heterocycles. The zero-order valence-electron chi connectivity index (χ0n) is 61.5. The zero-order valence-corrected chi connectivity index (χ0v) is 65.9. The molecule has 41 nitrogen and oxygen atoms in total. The Morgan fingerprint density at radius 2 is 0.738 bits per heavy atom. The molecule has 4 aliphatic rings. The maximum atomic E-state index is 13.7. The molecule has 4 heterocycles. The molecule has 1 amide bonds. The van der Waals surface area contributed by atoms with Crippen molar-refractivity contribution >= 4 is 45.0 Å². The molecule has 4 aliphatic heterocycles. The first-order chi connectivity index (χ1) is 50.6. The first kappa shape index (κ1) is 98.6. The number of aliphatic hydroxyl groups excluding tert-OH is 9. The number of hydrogen-bond donors (Lipinski definition) is 15. The second-order valence-electron chi connectivity index (χ2n) is 26.6. The third-order valence-corrected chi connectivity index (χ3v) is 22.4. The topological polar surface area (TPSA) is 582 Å². The Morgan fingerprint density at radius 3 is 1.10 bits per heavy atom. The van der Waals surface area contributed by atoms with E-state index in [2.05, 4.69) is 9.84 Å². The van der Waals surface area contributed by atoms with Gasteiger partial charge in [-0.1, -0.05) is 52.4 Å². The van der Waals surface area contributed by atoms with Gasteiger partial charge in [0.2, 0.25) is 5.91 Å². The van der Waals surface area contributed by atoms with E-state index >= 15 is 0 Å². The van der Waals surface area contributed by atoms with Crippen LogP contribution in [0.5, 0.6) is 0 Å². The number of nitrogens with one attached hydrogen (secondary N) is 1. The summed E-state index contributed by atoms with van der Waals surface area (Å²) < 4.78 is 174. The number of aliphatic hydroxyl groups is 9. The van der Waals surface area contributed by atoms with Crippen LogP contribution in [0.25, 0.3) is 0 Å². The van der Waals surface area contributed by atoms with Gasteiger partial charge in [0.25, 0.3) is 0 Å². The van der Waals surface area contributed by atoms with Crippen LogP contribution in [-0.4, -0.2) is 314 Å². The highest BCUT2D eigenvalue weighted by molar-refractivity contribution is 7.48. The number of hydrogen-bond acceptors (Lipinski definition) is 35. The van der Waals surface area contributed by atoms with Gasteiger partial charge in [0.05, 0.1) is 116 Å². The lowest BCUT2D eigenvalue weighted by molar-refractivity contribution is -0.282. The number of phosphoric acid groups is 5. The van der Waals surface area contributed by atoms with Crippen LogP contribution in [-0.2, 0) is 120 Å². The predicted octanol–water partition coefficient (Wildman–Crippen LogP) is 1.86. The number of unbranched alkanes of at least 4 members (excludes halogenated alkanes) is 9. The maximum absolute atomic E-state index is 13.7. The Labute approximate surface area is 623 Å². The van der Waals surface area contributed by atoms with Crippen molar-refractivity contribution in [2.45, 2.75) is 229 Å². The SMILES string of the molecule is COP(=O)(O)O[C@H]1C[C@H](C)O[C@@H]1COP(=O)(O)OCC(COCCCOP(=O)(O)OCCCCCCO[C@@H]1OC(CO)[C@H](O)[C@H](O)C1C)(COCCCOP(=O)(O)OCCCCCCO[C@@H]1OC(CO)[C@H](O)[C@H](O)C1C)COCCCOP(=O)(O)OCCCCCCO[C@@H]1OC(CO)[C@H](O)[C@H](O)C1NC(C)=O. The highest BCUT2D eigenvalue weighted by Gasteiger charge is 2.48. The van der Waals surface area contributed by atoms with Gasteiger partial charge in [-0.05, 0) is 64.7 Å². The lowest BCUT2D eigenvalue weighted by Crippen LogP contribution is -2.64. The summed E-state index contributed by atoms with van der Waals surface area (Å²) in [6.07, 6.45) is -10.5. The number of phosphoric ester groups is 5. The van der Waals surface area contributed by atoms with Gasteiger partial charge in [0.15, 0.2) is 18.9 Å². The third kappa shape index (κ3) is 38.3. The molecule has 0 bridgehead atoms. The molecule has 0 aromatic heterocycles. The van der Waals surface area contributed by atoms with E-state index < -0.39 is 213 Å². The second kappa shape index (κ2) is 51.4. The summed E-state index contributed by atoms with van der Waals surface area (Å²) in [4.78, 5) is 64.1. The van der Waals surface area contributed by atoms with Crippen molar-refractivity contribution in [3.05, 3.63) is 0 Å².